The molecular weight excluding hydrogens is 266 g/mol. The number of aromatic nitrogens is 5. The molecule has 7 nitrogen and oxygen atoms in total. The van der Waals surface area contributed by atoms with E-state index in [0.717, 1.165) is 48.6 Å². The van der Waals surface area contributed by atoms with Crippen LogP contribution in [0.2, 0.25) is 0 Å². The summed E-state index contributed by atoms with van der Waals surface area (Å²) in [5.74, 6) is 0. The fraction of sp³-hybridized carbons (Fsp3) is 0.357. The number of anilines is 1. The Morgan fingerprint density at radius 2 is 1.81 bits per heavy atom. The van der Waals surface area contributed by atoms with Crippen molar-refractivity contribution in [3.63, 3.8) is 0 Å². The molecule has 0 bridgehead atoms. The summed E-state index contributed by atoms with van der Waals surface area (Å²) in [5, 5.41) is 12.0. The van der Waals surface area contributed by atoms with Crippen LogP contribution in [-0.4, -0.2) is 50.6 Å². The molecule has 1 N–H and O–H groups in total. The number of aryl methyl sites for hydroxylation is 1. The van der Waals surface area contributed by atoms with E-state index in [1.165, 1.54) is 0 Å². The Morgan fingerprint density at radius 1 is 1.00 bits per heavy atom. The maximum Gasteiger partial charge on any atom is 0.178 e. The molecule has 108 valence electrons. The third kappa shape index (κ3) is 2.15. The second-order valence-electron chi connectivity index (χ2n) is 5.28. The molecule has 0 atom stereocenters. The van der Waals surface area contributed by atoms with E-state index in [1.54, 1.807) is 4.68 Å². The Balaban J connectivity index is 1.73. The molecule has 21 heavy (non-hydrogen) atoms. The van der Waals surface area contributed by atoms with Crippen LogP contribution in [-0.2, 0) is 7.05 Å². The molecule has 0 saturated carbocycles. The van der Waals surface area contributed by atoms with Crippen molar-refractivity contribution in [3.05, 3.63) is 31.0 Å². The van der Waals surface area contributed by atoms with Crippen LogP contribution in [0.25, 0.3) is 16.8 Å². The Kier molecular flexibility index (Phi) is 2.85. The van der Waals surface area contributed by atoms with E-state index < -0.39 is 0 Å². The molecule has 1 aliphatic rings. The van der Waals surface area contributed by atoms with Crippen molar-refractivity contribution in [2.45, 2.75) is 0 Å². The molecule has 1 aliphatic heterocycles. The lowest BCUT2D eigenvalue weighted by Crippen LogP contribution is -2.43. The second kappa shape index (κ2) is 4.85. The zero-order valence-corrected chi connectivity index (χ0v) is 11.9. The van der Waals surface area contributed by atoms with Gasteiger partial charge >= 0.3 is 0 Å². The monoisotopic (exact) mass is 283 g/mol. The SMILES string of the molecule is Cn1cc(-c2cnc3c(N4CCNCC4)cnn3c2)cn1. The second-order valence-corrected chi connectivity index (χ2v) is 5.28. The lowest BCUT2D eigenvalue weighted by atomic mass is 10.2. The van der Waals surface area contributed by atoms with E-state index in [2.05, 4.69) is 25.4 Å². The zero-order chi connectivity index (χ0) is 14.2. The standard InChI is InChI=1S/C14H17N7/c1-19-9-12(7-17-19)11-6-16-14-13(8-18-21(14)10-11)20-4-2-15-3-5-20/h6-10,15H,2-5H2,1H3. The first-order valence-corrected chi connectivity index (χ1v) is 7.09. The van der Waals surface area contributed by atoms with Gasteiger partial charge in [0.25, 0.3) is 0 Å². The van der Waals surface area contributed by atoms with Crippen molar-refractivity contribution in [2.24, 2.45) is 7.05 Å². The number of nitrogens with one attached hydrogen (secondary N) is 1. The molecule has 0 amide bonds. The van der Waals surface area contributed by atoms with Gasteiger partial charge in [-0.25, -0.2) is 9.50 Å². The lowest BCUT2D eigenvalue weighted by molar-refractivity contribution is 0.590. The van der Waals surface area contributed by atoms with Gasteiger partial charge in [0, 0.05) is 62.9 Å². The van der Waals surface area contributed by atoms with E-state index in [1.807, 2.05) is 42.5 Å². The molecule has 3 aromatic heterocycles. The summed E-state index contributed by atoms with van der Waals surface area (Å²) >= 11 is 0. The van der Waals surface area contributed by atoms with E-state index >= 15 is 0 Å². The van der Waals surface area contributed by atoms with Crippen LogP contribution >= 0.6 is 0 Å². The largest absolute Gasteiger partial charge is 0.365 e. The maximum absolute atomic E-state index is 4.60. The fourth-order valence-corrected chi connectivity index (χ4v) is 2.71. The average Bonchev–Trinajstić information content (AvgIpc) is 3.13. The van der Waals surface area contributed by atoms with Crippen LogP contribution in [0.1, 0.15) is 0 Å². The predicted molar refractivity (Wildman–Crippen MR) is 80.3 cm³/mol. The zero-order valence-electron chi connectivity index (χ0n) is 11.9. The highest BCUT2D eigenvalue weighted by Gasteiger charge is 2.16. The van der Waals surface area contributed by atoms with Crippen LogP contribution < -0.4 is 10.2 Å². The topological polar surface area (TPSA) is 63.3 Å². The first kappa shape index (κ1) is 12.3. The summed E-state index contributed by atoms with van der Waals surface area (Å²) in [6.45, 7) is 4.00. The molecule has 0 aromatic carbocycles. The van der Waals surface area contributed by atoms with Crippen molar-refractivity contribution >= 4 is 11.3 Å². The van der Waals surface area contributed by atoms with Gasteiger partial charge in [0.2, 0.25) is 0 Å². The number of hydrogen-bond donors (Lipinski definition) is 1. The predicted octanol–water partition coefficient (Wildman–Crippen LogP) is 0.539. The van der Waals surface area contributed by atoms with Crippen molar-refractivity contribution in [3.8, 4) is 11.1 Å². The number of fused-ring (bicyclic) bond motifs is 1. The molecule has 7 heteroatoms. The van der Waals surface area contributed by atoms with E-state index in [-0.39, 0.29) is 0 Å². The van der Waals surface area contributed by atoms with Gasteiger partial charge in [0.15, 0.2) is 5.65 Å². The Hall–Kier alpha value is -2.41. The molecule has 1 fully saturated rings. The molecule has 4 heterocycles. The van der Waals surface area contributed by atoms with Crippen molar-refractivity contribution < 1.29 is 0 Å². The van der Waals surface area contributed by atoms with Crippen LogP contribution in [0.4, 0.5) is 5.69 Å². The lowest BCUT2D eigenvalue weighted by Gasteiger charge is -2.27. The number of piperazine rings is 1. The van der Waals surface area contributed by atoms with Gasteiger partial charge in [-0.3, -0.25) is 4.68 Å². The van der Waals surface area contributed by atoms with Crippen molar-refractivity contribution in [1.82, 2.24) is 29.7 Å². The minimum Gasteiger partial charge on any atom is -0.365 e. The number of hydrogen-bond acceptors (Lipinski definition) is 5. The average molecular weight is 283 g/mol. The highest BCUT2D eigenvalue weighted by Crippen LogP contribution is 2.23. The first-order valence-electron chi connectivity index (χ1n) is 7.09. The molecule has 4 rings (SSSR count). The summed E-state index contributed by atoms with van der Waals surface area (Å²) in [7, 11) is 1.91. The van der Waals surface area contributed by atoms with Crippen LogP contribution in [0.15, 0.2) is 31.0 Å². The van der Waals surface area contributed by atoms with Gasteiger partial charge < -0.3 is 10.2 Å². The Morgan fingerprint density at radius 3 is 2.57 bits per heavy atom. The molecule has 0 unspecified atom stereocenters. The summed E-state index contributed by atoms with van der Waals surface area (Å²) in [5.41, 5.74) is 4.08. The highest BCUT2D eigenvalue weighted by atomic mass is 15.3. The molecule has 3 aromatic rings. The maximum atomic E-state index is 4.60. The summed E-state index contributed by atoms with van der Waals surface area (Å²) in [6.07, 6.45) is 9.61. The summed E-state index contributed by atoms with van der Waals surface area (Å²) in [6, 6.07) is 0. The Labute approximate surface area is 122 Å². The molecule has 1 saturated heterocycles. The normalized spacial score (nSPS) is 15.8. The van der Waals surface area contributed by atoms with Crippen LogP contribution in [0.5, 0.6) is 0 Å². The van der Waals surface area contributed by atoms with Crippen molar-refractivity contribution in [1.29, 1.82) is 0 Å². The van der Waals surface area contributed by atoms with E-state index in [0.29, 0.717) is 0 Å². The highest BCUT2D eigenvalue weighted by molar-refractivity contribution is 5.70. The number of rotatable bonds is 2. The van der Waals surface area contributed by atoms with E-state index in [9.17, 15) is 0 Å². The smallest absolute Gasteiger partial charge is 0.178 e. The summed E-state index contributed by atoms with van der Waals surface area (Å²) in [4.78, 5) is 6.93. The molecule has 0 radical (unpaired) electrons. The van der Waals surface area contributed by atoms with Gasteiger partial charge in [-0.2, -0.15) is 10.2 Å². The Bertz CT molecular complexity index is 767. The van der Waals surface area contributed by atoms with Gasteiger partial charge in [-0.1, -0.05) is 0 Å². The minimum absolute atomic E-state index is 0.907. The van der Waals surface area contributed by atoms with Crippen LogP contribution in [0.3, 0.4) is 0 Å². The van der Waals surface area contributed by atoms with Gasteiger partial charge in [-0.15, -0.1) is 0 Å². The van der Waals surface area contributed by atoms with E-state index in [4.69, 9.17) is 0 Å². The van der Waals surface area contributed by atoms with Gasteiger partial charge in [0.05, 0.1) is 12.4 Å². The third-order valence-electron chi connectivity index (χ3n) is 3.83. The third-order valence-corrected chi connectivity index (χ3v) is 3.83. The molecular formula is C14H17N7. The fourth-order valence-electron chi connectivity index (χ4n) is 2.71. The van der Waals surface area contributed by atoms with Gasteiger partial charge in [0.1, 0.15) is 5.69 Å². The molecule has 0 spiro atoms. The molecule has 0 aliphatic carbocycles. The van der Waals surface area contributed by atoms with Crippen molar-refractivity contribution in [2.75, 3.05) is 31.1 Å². The summed E-state index contributed by atoms with van der Waals surface area (Å²) < 4.78 is 3.63. The quantitative estimate of drug-likeness (QED) is 0.744. The first-order chi connectivity index (χ1) is 10.3. The number of nitrogens with zero attached hydrogens (tertiary/aromatic N) is 6. The van der Waals surface area contributed by atoms with Gasteiger partial charge in [-0.05, 0) is 0 Å². The minimum atomic E-state index is 0.907. The van der Waals surface area contributed by atoms with Crippen LogP contribution in [0, 0.1) is 0 Å².